The number of hydrogen-bond acceptors (Lipinski definition) is 18. The number of pyridine rings is 3. The van der Waals surface area contributed by atoms with E-state index in [1.54, 1.807) is 18.7 Å². The van der Waals surface area contributed by atoms with E-state index in [4.69, 9.17) is 0 Å². The minimum atomic E-state index is 0.278. The van der Waals surface area contributed by atoms with Gasteiger partial charge in [-0.2, -0.15) is 10.2 Å². The SMILES string of the molecule is C[C@@H]1C[C@@]2(Cc3ccccn3)C[C@H]2N1C(C)(C)C.C[C@@H]1C[C@@]2(Cc3cccnc3)C[C@H]2N1C(C)(C)C.C[C@@H]1C[C@@]2(Cc3cccnn3)C[C@H]2N1C(C)(C)C.C[C@@H]1C[C@@]2(Cc3ccncc3)C[C@H]2N1C(C)(C)C.C[C@@H]1C[C@@]2(Cc3ccncn3)C[C@H]2N1C(C)(C)C.C[C@@H]1C[C@@]2(Cc3cnccn3)C[C@H]2N1C(C)(C)C.C[C@@H]1C[C@@]2(Cc3ncccn3)C[C@H]2N1C(C)(C)C. The highest BCUT2D eigenvalue weighted by molar-refractivity contribution is 5.30. The van der Waals surface area contributed by atoms with Crippen LogP contribution in [0.15, 0.2) is 147 Å². The molecule has 686 valence electrons. The van der Waals surface area contributed by atoms with E-state index in [0.717, 1.165) is 104 Å². The second kappa shape index (κ2) is 34.6. The van der Waals surface area contributed by atoms with Crippen LogP contribution in [0.1, 0.15) is 323 Å². The van der Waals surface area contributed by atoms with Crippen LogP contribution in [-0.4, -0.2) is 213 Å². The third-order valence-corrected chi connectivity index (χ3v) is 32.5. The van der Waals surface area contributed by atoms with Gasteiger partial charge in [-0.25, -0.2) is 19.9 Å². The number of rotatable bonds is 14. The summed E-state index contributed by atoms with van der Waals surface area (Å²) in [5, 5.41) is 8.26. The second-order valence-electron chi connectivity index (χ2n) is 50.0. The van der Waals surface area contributed by atoms with Crippen molar-refractivity contribution in [3.63, 3.8) is 0 Å². The molecule has 0 N–H and O–H groups in total. The molecule has 7 saturated heterocycles. The summed E-state index contributed by atoms with van der Waals surface area (Å²) in [6, 6.07) is 33.3. The fourth-order valence-electron chi connectivity index (χ4n) is 29.0. The maximum absolute atomic E-state index is 4.51. The fourth-order valence-corrected chi connectivity index (χ4v) is 29.0. The van der Waals surface area contributed by atoms with Crippen molar-refractivity contribution in [2.24, 2.45) is 37.9 Å². The molecule has 14 fully saturated rings. The van der Waals surface area contributed by atoms with Gasteiger partial charge in [0, 0.05) is 216 Å². The van der Waals surface area contributed by atoms with Crippen molar-refractivity contribution in [3.05, 3.63) is 187 Å². The summed E-state index contributed by atoms with van der Waals surface area (Å²) in [6.07, 6.45) is 50.9. The van der Waals surface area contributed by atoms with E-state index in [9.17, 15) is 0 Å². The first-order valence-corrected chi connectivity index (χ1v) is 49.2. The predicted octanol–water partition coefficient (Wildman–Crippen LogP) is 20.5. The van der Waals surface area contributed by atoms with Crippen LogP contribution in [0.2, 0.25) is 0 Å². The number of piperidine rings is 7. The monoisotopic (exact) mass is 1710 g/mol. The number of likely N-dealkylation sites (tertiary alicyclic amines) is 7. The lowest BCUT2D eigenvalue weighted by molar-refractivity contribution is 0.104. The summed E-state index contributed by atoms with van der Waals surface area (Å²) in [5.74, 6) is 1.02. The van der Waals surface area contributed by atoms with Crippen molar-refractivity contribution in [3.8, 4) is 0 Å². The molecule has 0 spiro atoms. The quantitative estimate of drug-likeness (QED) is 0.101. The molecule has 7 aliphatic carbocycles. The molecule has 21 atom stereocenters. The van der Waals surface area contributed by atoms with Crippen molar-refractivity contribution < 1.29 is 0 Å². The van der Waals surface area contributed by atoms with Gasteiger partial charge in [0.25, 0.3) is 0 Å². The maximum Gasteiger partial charge on any atom is 0.128 e. The first-order valence-electron chi connectivity index (χ1n) is 49.2. The Morgan fingerprint density at radius 2 is 0.571 bits per heavy atom. The minimum absolute atomic E-state index is 0.278. The molecule has 7 aromatic rings. The Bertz CT molecular complexity index is 3890. The third kappa shape index (κ3) is 20.3. The first-order chi connectivity index (χ1) is 59.0. The zero-order valence-corrected chi connectivity index (χ0v) is 83.3. The van der Waals surface area contributed by atoms with Crippen LogP contribution in [0.5, 0.6) is 0 Å². The highest BCUT2D eigenvalue weighted by atomic mass is 15.4. The highest BCUT2D eigenvalue weighted by Crippen LogP contribution is 2.69. The van der Waals surface area contributed by atoms with Gasteiger partial charge in [-0.15, -0.1) is 0 Å². The van der Waals surface area contributed by atoms with Gasteiger partial charge < -0.3 is 0 Å². The molecule has 0 unspecified atom stereocenters. The Morgan fingerprint density at radius 1 is 0.246 bits per heavy atom. The van der Waals surface area contributed by atoms with E-state index in [-0.39, 0.29) is 22.2 Å². The summed E-state index contributed by atoms with van der Waals surface area (Å²) < 4.78 is 0. The van der Waals surface area contributed by atoms with Gasteiger partial charge in [0.1, 0.15) is 12.2 Å². The van der Waals surface area contributed by atoms with Gasteiger partial charge in [0.05, 0.1) is 11.4 Å². The van der Waals surface area contributed by atoms with E-state index >= 15 is 0 Å². The Morgan fingerprint density at radius 3 is 0.897 bits per heavy atom. The van der Waals surface area contributed by atoms with Crippen LogP contribution >= 0.6 is 0 Å². The molecule has 7 saturated carbocycles. The van der Waals surface area contributed by atoms with Gasteiger partial charge >= 0.3 is 0 Å². The van der Waals surface area contributed by atoms with Gasteiger partial charge in [-0.1, -0.05) is 12.1 Å². The van der Waals surface area contributed by atoms with Gasteiger partial charge in [-0.3, -0.25) is 59.2 Å². The molecule has 0 bridgehead atoms. The standard InChI is InChI=1S/3C16H24N2.4C15H23N3/c1-12-9-16(10-13-5-7-17-8-6-13)11-14(16)18(12)15(2,3)4;1-12-8-16(9-13-6-5-7-17-11-13)10-14(16)18(12)15(2,3)4;1-12-9-16(10-13-7-5-6-8-17-13)11-14(16)18(12)15(2,3)4;1-11-7-15(8-12-10-16-5-6-17-12)9-13(15)18(11)14(2,3)4;1-11-7-15(8-12-5-6-16-10-17-12)9-13(15)18(11)14(2,3)4;1-11-8-15(10-13-16-6-5-7-17-13)9-12(15)18(11)14(2,3)4;1-11-8-15(9-12-6-5-7-16-17-12)10-13(15)18(11)14(2,3)4/h5-8,12,14H,9-11H2,1-4H3;5-7,11-12,14H,8-10H2,1-4H3;5-8,12,14H,9-11H2,1-4H3;2*5-6,10-11,13H,7-9H2,1-4H3;5-7,11-12H,8-10H2,1-4H3;5-7,11,13H,8-10H2,1-4H3/t3*12-,14-,16-;2*11-,13-,15-;11-,12-,15+;11-,13-,15-/m1111111/s1. The molecule has 18 nitrogen and oxygen atoms in total. The van der Waals surface area contributed by atoms with Crippen molar-refractivity contribution in [2.75, 3.05) is 0 Å². The topological polar surface area (TPSA) is 164 Å². The van der Waals surface area contributed by atoms with E-state index < -0.39 is 0 Å². The summed E-state index contributed by atoms with van der Waals surface area (Å²) in [6.45, 7) is 65.8. The summed E-state index contributed by atoms with van der Waals surface area (Å²) in [5.41, 5.74) is 13.3. The van der Waals surface area contributed by atoms with E-state index in [1.807, 2.05) is 80.2 Å². The van der Waals surface area contributed by atoms with Crippen LogP contribution in [-0.2, 0) is 44.9 Å². The molecular weight excluding hydrogens is 1550 g/mol. The average Bonchev–Trinajstić information content (AvgIpc) is 1.58. The number of fused-ring (bicyclic) bond motifs is 7. The molecule has 0 radical (unpaired) electrons. The molecule has 21 rings (SSSR count). The van der Waals surface area contributed by atoms with Crippen LogP contribution in [0, 0.1) is 37.9 Å². The zero-order valence-electron chi connectivity index (χ0n) is 83.3. The molecule has 7 aromatic heterocycles. The molecule has 126 heavy (non-hydrogen) atoms. The van der Waals surface area contributed by atoms with Gasteiger partial charge in [0.15, 0.2) is 0 Å². The van der Waals surface area contributed by atoms with Crippen molar-refractivity contribution in [1.29, 1.82) is 0 Å². The number of hydrogen-bond donors (Lipinski definition) is 0. The van der Waals surface area contributed by atoms with Crippen LogP contribution in [0.3, 0.4) is 0 Å². The molecule has 14 heterocycles. The first kappa shape index (κ1) is 94.1. The van der Waals surface area contributed by atoms with Crippen molar-refractivity contribution >= 4 is 0 Å². The smallest absolute Gasteiger partial charge is 0.128 e. The molecular formula is C108H164N18. The Balaban J connectivity index is 0.000000113. The van der Waals surface area contributed by atoms with E-state index in [0.29, 0.717) is 84.7 Å². The molecule has 14 aliphatic rings. The second-order valence-corrected chi connectivity index (χ2v) is 50.0. The fraction of sp³-hybridized carbons (Fsp3) is 0.713. The molecule has 0 aromatic carbocycles. The largest absolute Gasteiger partial charge is 0.292 e. The van der Waals surface area contributed by atoms with E-state index in [1.165, 1.54) is 125 Å². The van der Waals surface area contributed by atoms with Crippen LogP contribution in [0.4, 0.5) is 0 Å². The molecule has 0 amide bonds. The lowest BCUT2D eigenvalue weighted by Gasteiger charge is -2.37. The minimum Gasteiger partial charge on any atom is -0.292 e. The molecule has 18 heteroatoms. The summed E-state index contributed by atoms with van der Waals surface area (Å²) in [7, 11) is 0. The van der Waals surface area contributed by atoms with Gasteiger partial charge in [-0.05, 0) is 426 Å². The number of nitrogens with zero attached hydrogens (tertiary/aromatic N) is 18. The zero-order chi connectivity index (χ0) is 90.8. The predicted molar refractivity (Wildman–Crippen MR) is 512 cm³/mol. The average molecular weight is 1710 g/mol. The van der Waals surface area contributed by atoms with Crippen molar-refractivity contribution in [2.45, 2.75) is 452 Å². The normalized spacial score (nSPS) is 35.6. The summed E-state index contributed by atoms with van der Waals surface area (Å²) >= 11 is 0. The highest BCUT2D eigenvalue weighted by Gasteiger charge is 2.71. The van der Waals surface area contributed by atoms with Gasteiger partial charge in [0.2, 0.25) is 0 Å². The summed E-state index contributed by atoms with van der Waals surface area (Å²) in [4.78, 5) is 57.8. The maximum atomic E-state index is 4.51. The van der Waals surface area contributed by atoms with Crippen LogP contribution in [0.25, 0.3) is 0 Å². The Labute approximate surface area is 762 Å². The van der Waals surface area contributed by atoms with E-state index in [2.05, 4.69) is 332 Å². The Kier molecular flexibility index (Phi) is 25.8. The third-order valence-electron chi connectivity index (χ3n) is 32.5. The number of aromatic nitrogens is 11. The Hall–Kier alpha value is -6.51. The van der Waals surface area contributed by atoms with Crippen LogP contribution < -0.4 is 0 Å². The molecule has 7 aliphatic heterocycles. The lowest BCUT2D eigenvalue weighted by atomic mass is 9.92. The van der Waals surface area contributed by atoms with Crippen molar-refractivity contribution in [1.82, 2.24) is 89.4 Å². The lowest BCUT2D eigenvalue weighted by Crippen LogP contribution is -2.45.